The van der Waals surface area contributed by atoms with Crippen LogP contribution in [0, 0.1) is 13.8 Å². The number of carbonyl (C=O) groups excluding carboxylic acids is 1. The number of benzene rings is 3. The topological polar surface area (TPSA) is 117 Å². The third kappa shape index (κ3) is 5.92. The van der Waals surface area contributed by atoms with E-state index < -0.39 is 11.9 Å². The lowest BCUT2D eigenvalue weighted by atomic mass is 10.0. The summed E-state index contributed by atoms with van der Waals surface area (Å²) in [5, 5.41) is 20.7. The van der Waals surface area contributed by atoms with E-state index in [1.165, 1.54) is 6.07 Å². The SMILES string of the molecule is Cc1ccc(COO)c(CONc2ccc(NC(=O)c3cc(C)ccc3C(=O)O)cc2)c1. The van der Waals surface area contributed by atoms with Crippen LogP contribution in [-0.2, 0) is 22.9 Å². The van der Waals surface area contributed by atoms with Crippen LogP contribution in [0.25, 0.3) is 0 Å². The van der Waals surface area contributed by atoms with Crippen LogP contribution in [0.15, 0.2) is 60.7 Å². The number of rotatable bonds is 9. The van der Waals surface area contributed by atoms with Gasteiger partial charge < -0.3 is 10.4 Å². The summed E-state index contributed by atoms with van der Waals surface area (Å²) in [6.45, 7) is 4.07. The number of carboxylic acid groups (broad SMARTS) is 1. The zero-order chi connectivity index (χ0) is 23.1. The van der Waals surface area contributed by atoms with Crippen molar-refractivity contribution >= 4 is 23.3 Å². The molecule has 3 aromatic rings. The molecule has 0 aliphatic heterocycles. The Morgan fingerprint density at radius 3 is 2.16 bits per heavy atom. The largest absolute Gasteiger partial charge is 0.478 e. The Labute approximate surface area is 185 Å². The second kappa shape index (κ2) is 10.5. The summed E-state index contributed by atoms with van der Waals surface area (Å²) in [7, 11) is 0. The van der Waals surface area contributed by atoms with E-state index >= 15 is 0 Å². The molecular formula is C24H24N2O6. The first-order valence-corrected chi connectivity index (χ1v) is 9.85. The molecule has 0 saturated heterocycles. The highest BCUT2D eigenvalue weighted by molar-refractivity contribution is 6.10. The molecule has 0 aliphatic rings. The molecule has 0 radical (unpaired) electrons. The van der Waals surface area contributed by atoms with E-state index in [1.807, 2.05) is 25.1 Å². The van der Waals surface area contributed by atoms with Crippen molar-refractivity contribution in [3.05, 3.63) is 94.0 Å². The van der Waals surface area contributed by atoms with Gasteiger partial charge in [0.25, 0.3) is 5.91 Å². The van der Waals surface area contributed by atoms with E-state index in [0.717, 1.165) is 22.3 Å². The molecule has 0 fully saturated rings. The molecule has 166 valence electrons. The van der Waals surface area contributed by atoms with E-state index in [-0.39, 0.29) is 24.3 Å². The Balaban J connectivity index is 1.60. The zero-order valence-electron chi connectivity index (χ0n) is 17.7. The number of hydrogen-bond acceptors (Lipinski definition) is 6. The van der Waals surface area contributed by atoms with Gasteiger partial charge in [0, 0.05) is 5.69 Å². The van der Waals surface area contributed by atoms with Gasteiger partial charge in [0.15, 0.2) is 0 Å². The van der Waals surface area contributed by atoms with E-state index in [9.17, 15) is 14.7 Å². The second-order valence-corrected chi connectivity index (χ2v) is 7.32. The van der Waals surface area contributed by atoms with Crippen LogP contribution >= 0.6 is 0 Å². The van der Waals surface area contributed by atoms with Crippen molar-refractivity contribution in [1.29, 1.82) is 0 Å². The van der Waals surface area contributed by atoms with Crippen molar-refractivity contribution in [2.24, 2.45) is 0 Å². The van der Waals surface area contributed by atoms with Gasteiger partial charge in [-0.05, 0) is 61.4 Å². The second-order valence-electron chi connectivity index (χ2n) is 7.32. The molecule has 0 saturated carbocycles. The average Bonchev–Trinajstić information content (AvgIpc) is 2.76. The predicted molar refractivity (Wildman–Crippen MR) is 120 cm³/mol. The van der Waals surface area contributed by atoms with Crippen LogP contribution < -0.4 is 10.8 Å². The average molecular weight is 436 g/mol. The molecule has 0 atom stereocenters. The molecule has 0 unspecified atom stereocenters. The Morgan fingerprint density at radius 2 is 1.47 bits per heavy atom. The Kier molecular flexibility index (Phi) is 7.56. The lowest BCUT2D eigenvalue weighted by Crippen LogP contribution is -2.16. The fourth-order valence-electron chi connectivity index (χ4n) is 3.15. The summed E-state index contributed by atoms with van der Waals surface area (Å²) < 4.78 is 0. The normalized spacial score (nSPS) is 10.6. The van der Waals surface area contributed by atoms with Crippen molar-refractivity contribution < 1.29 is 29.7 Å². The number of aryl methyl sites for hydroxylation is 2. The first kappa shape index (κ1) is 23.0. The maximum Gasteiger partial charge on any atom is 0.336 e. The lowest BCUT2D eigenvalue weighted by Gasteiger charge is -2.12. The number of nitrogens with one attached hydrogen (secondary N) is 2. The monoisotopic (exact) mass is 436 g/mol. The summed E-state index contributed by atoms with van der Waals surface area (Å²) in [5.74, 6) is -1.66. The van der Waals surface area contributed by atoms with Crippen LogP contribution in [-0.4, -0.2) is 22.2 Å². The third-order valence-electron chi connectivity index (χ3n) is 4.79. The van der Waals surface area contributed by atoms with Gasteiger partial charge >= 0.3 is 5.97 Å². The summed E-state index contributed by atoms with van der Waals surface area (Å²) in [6, 6.07) is 17.2. The van der Waals surface area contributed by atoms with Gasteiger partial charge in [-0.3, -0.25) is 20.4 Å². The van der Waals surface area contributed by atoms with E-state index in [0.29, 0.717) is 11.4 Å². The van der Waals surface area contributed by atoms with Gasteiger partial charge in [-0.2, -0.15) is 0 Å². The maximum atomic E-state index is 12.6. The number of carbonyl (C=O) groups is 2. The van der Waals surface area contributed by atoms with Crippen molar-refractivity contribution in [3.8, 4) is 0 Å². The molecule has 3 aromatic carbocycles. The molecule has 0 aromatic heterocycles. The molecule has 3 rings (SSSR count). The summed E-state index contributed by atoms with van der Waals surface area (Å²) in [6.07, 6.45) is 0. The van der Waals surface area contributed by atoms with Crippen LogP contribution in [0.4, 0.5) is 11.4 Å². The quantitative estimate of drug-likeness (QED) is 0.281. The summed E-state index contributed by atoms with van der Waals surface area (Å²) in [4.78, 5) is 33.8. The van der Waals surface area contributed by atoms with Crippen LogP contribution in [0.3, 0.4) is 0 Å². The molecule has 0 bridgehead atoms. The Morgan fingerprint density at radius 1 is 0.812 bits per heavy atom. The summed E-state index contributed by atoms with van der Waals surface area (Å²) >= 11 is 0. The van der Waals surface area contributed by atoms with Gasteiger partial charge in [0.1, 0.15) is 13.2 Å². The van der Waals surface area contributed by atoms with Crippen LogP contribution in [0.2, 0.25) is 0 Å². The lowest BCUT2D eigenvalue weighted by molar-refractivity contribution is -0.253. The Hall–Kier alpha value is -3.72. The molecule has 4 N–H and O–H groups in total. The van der Waals surface area contributed by atoms with Crippen molar-refractivity contribution in [1.82, 2.24) is 0 Å². The highest BCUT2D eigenvalue weighted by Crippen LogP contribution is 2.19. The minimum absolute atomic E-state index is 0.0538. The first-order chi connectivity index (χ1) is 15.4. The molecule has 0 aliphatic carbocycles. The van der Waals surface area contributed by atoms with Gasteiger partial charge in [-0.1, -0.05) is 35.4 Å². The minimum Gasteiger partial charge on any atom is -0.478 e. The number of aromatic carboxylic acids is 1. The molecule has 0 spiro atoms. The van der Waals surface area contributed by atoms with Gasteiger partial charge in [0.05, 0.1) is 16.8 Å². The van der Waals surface area contributed by atoms with Gasteiger partial charge in [-0.15, -0.1) is 0 Å². The molecule has 0 heterocycles. The minimum atomic E-state index is -1.16. The highest BCUT2D eigenvalue weighted by atomic mass is 17.1. The van der Waals surface area contributed by atoms with Crippen LogP contribution in [0.5, 0.6) is 0 Å². The molecule has 32 heavy (non-hydrogen) atoms. The highest BCUT2D eigenvalue weighted by Gasteiger charge is 2.16. The van der Waals surface area contributed by atoms with E-state index in [2.05, 4.69) is 15.7 Å². The van der Waals surface area contributed by atoms with Gasteiger partial charge in [0.2, 0.25) is 0 Å². The molecule has 1 amide bonds. The zero-order valence-corrected chi connectivity index (χ0v) is 17.7. The van der Waals surface area contributed by atoms with Gasteiger partial charge in [-0.25, -0.2) is 9.68 Å². The standard InChI is InChI=1S/C24H24N2O6/c1-15-3-5-17(14-32-30)18(11-15)13-31-26-20-8-6-19(7-9-20)25-23(27)22-12-16(2)4-10-21(22)24(28)29/h3-12,26,30H,13-14H2,1-2H3,(H,25,27)(H,28,29). The smallest absolute Gasteiger partial charge is 0.336 e. The number of hydrogen-bond donors (Lipinski definition) is 4. The Bertz CT molecular complexity index is 1110. The fraction of sp³-hybridized carbons (Fsp3) is 0.167. The van der Waals surface area contributed by atoms with E-state index in [1.54, 1.807) is 43.3 Å². The molecule has 8 heteroatoms. The number of carboxylic acids is 1. The first-order valence-electron chi connectivity index (χ1n) is 9.85. The van der Waals surface area contributed by atoms with Crippen molar-refractivity contribution in [3.63, 3.8) is 0 Å². The fourth-order valence-corrected chi connectivity index (χ4v) is 3.15. The molecular weight excluding hydrogens is 412 g/mol. The van der Waals surface area contributed by atoms with Crippen LogP contribution in [0.1, 0.15) is 43.0 Å². The third-order valence-corrected chi connectivity index (χ3v) is 4.79. The maximum absolute atomic E-state index is 12.6. The molecule has 8 nitrogen and oxygen atoms in total. The predicted octanol–water partition coefficient (Wildman–Crippen LogP) is 4.79. The summed E-state index contributed by atoms with van der Waals surface area (Å²) in [5.41, 5.74) is 7.60. The van der Waals surface area contributed by atoms with E-state index in [4.69, 9.17) is 10.1 Å². The van der Waals surface area contributed by atoms with Crippen molar-refractivity contribution in [2.75, 3.05) is 10.8 Å². The number of amides is 1. The van der Waals surface area contributed by atoms with Crippen molar-refractivity contribution in [2.45, 2.75) is 27.1 Å². The number of anilines is 2.